The molecule has 0 amide bonds. The van der Waals surface area contributed by atoms with Gasteiger partial charge in [0.15, 0.2) is 0 Å². The summed E-state index contributed by atoms with van der Waals surface area (Å²) in [6, 6.07) is 11.6. The Kier molecular flexibility index (Phi) is 5.88. The molecule has 2 aromatic carbocycles. The van der Waals surface area contributed by atoms with Gasteiger partial charge < -0.3 is 5.32 Å². The molecule has 4 heteroatoms. The summed E-state index contributed by atoms with van der Waals surface area (Å²) >= 11 is 3.16. The summed E-state index contributed by atoms with van der Waals surface area (Å²) in [5.74, 6) is -0.529. The van der Waals surface area contributed by atoms with Crippen molar-refractivity contribution < 1.29 is 8.78 Å². The van der Waals surface area contributed by atoms with Crippen LogP contribution in [-0.4, -0.2) is 6.54 Å². The maximum atomic E-state index is 13.7. The van der Waals surface area contributed by atoms with E-state index in [1.165, 1.54) is 18.2 Å². The highest BCUT2D eigenvalue weighted by molar-refractivity contribution is 9.10. The van der Waals surface area contributed by atoms with Crippen molar-refractivity contribution in [2.45, 2.75) is 25.8 Å². The fourth-order valence-electron chi connectivity index (χ4n) is 2.26. The summed E-state index contributed by atoms with van der Waals surface area (Å²) in [4.78, 5) is 0. The van der Waals surface area contributed by atoms with Crippen LogP contribution < -0.4 is 5.32 Å². The molecule has 112 valence electrons. The minimum absolute atomic E-state index is 0.0330. The molecule has 0 aromatic heterocycles. The van der Waals surface area contributed by atoms with E-state index in [0.717, 1.165) is 24.1 Å². The minimum atomic E-state index is -0.282. The zero-order chi connectivity index (χ0) is 15.2. The predicted octanol–water partition coefficient (Wildman–Crippen LogP) is 5.01. The molecular weight excluding hydrogens is 336 g/mol. The van der Waals surface area contributed by atoms with E-state index in [9.17, 15) is 8.78 Å². The first-order chi connectivity index (χ1) is 10.1. The van der Waals surface area contributed by atoms with Gasteiger partial charge in [0.2, 0.25) is 0 Å². The Hall–Kier alpha value is -1.26. The molecule has 21 heavy (non-hydrogen) atoms. The topological polar surface area (TPSA) is 12.0 Å². The summed E-state index contributed by atoms with van der Waals surface area (Å²) in [5.41, 5.74) is 1.76. The monoisotopic (exact) mass is 353 g/mol. The largest absolute Gasteiger partial charge is 0.310 e. The van der Waals surface area contributed by atoms with E-state index in [0.29, 0.717) is 10.9 Å². The smallest absolute Gasteiger partial charge is 0.137 e. The van der Waals surface area contributed by atoms with Crippen molar-refractivity contribution in [2.75, 3.05) is 6.54 Å². The lowest BCUT2D eigenvalue weighted by Crippen LogP contribution is -2.24. The molecule has 0 aliphatic heterocycles. The molecule has 0 aliphatic carbocycles. The molecule has 1 nitrogen and oxygen atoms in total. The van der Waals surface area contributed by atoms with Crippen molar-refractivity contribution in [3.8, 4) is 0 Å². The van der Waals surface area contributed by atoms with E-state index in [1.54, 1.807) is 12.1 Å². The van der Waals surface area contributed by atoms with Crippen LogP contribution in [0.15, 0.2) is 46.9 Å². The molecule has 0 aliphatic rings. The molecule has 1 unspecified atom stereocenters. The second-order valence-electron chi connectivity index (χ2n) is 5.01. The van der Waals surface area contributed by atoms with Crippen LogP contribution in [0.1, 0.15) is 30.5 Å². The van der Waals surface area contributed by atoms with Gasteiger partial charge in [-0.15, -0.1) is 0 Å². The highest BCUT2D eigenvalue weighted by Gasteiger charge is 2.13. The summed E-state index contributed by atoms with van der Waals surface area (Å²) in [7, 11) is 0. The van der Waals surface area contributed by atoms with Crippen molar-refractivity contribution in [1.82, 2.24) is 5.32 Å². The van der Waals surface area contributed by atoms with Crippen LogP contribution >= 0.6 is 15.9 Å². The third kappa shape index (κ3) is 4.61. The summed E-state index contributed by atoms with van der Waals surface area (Å²) in [5, 5.41) is 3.40. The van der Waals surface area contributed by atoms with Crippen LogP contribution in [0.5, 0.6) is 0 Å². The average molecular weight is 354 g/mol. The average Bonchev–Trinajstić information content (AvgIpc) is 2.46. The normalized spacial score (nSPS) is 12.4. The highest BCUT2D eigenvalue weighted by Crippen LogP contribution is 2.23. The molecule has 1 N–H and O–H groups in total. The molecule has 0 spiro atoms. The lowest BCUT2D eigenvalue weighted by atomic mass is 9.98. The lowest BCUT2D eigenvalue weighted by molar-refractivity contribution is 0.522. The van der Waals surface area contributed by atoms with Crippen LogP contribution in [-0.2, 0) is 6.42 Å². The van der Waals surface area contributed by atoms with Gasteiger partial charge in [0.1, 0.15) is 11.6 Å². The Morgan fingerprint density at radius 1 is 1.14 bits per heavy atom. The van der Waals surface area contributed by atoms with Crippen LogP contribution in [0.25, 0.3) is 0 Å². The zero-order valence-electron chi connectivity index (χ0n) is 11.9. The van der Waals surface area contributed by atoms with Crippen molar-refractivity contribution >= 4 is 15.9 Å². The summed E-state index contributed by atoms with van der Waals surface area (Å²) in [6.45, 7) is 2.91. The van der Waals surface area contributed by atoms with Gasteiger partial charge in [-0.1, -0.05) is 25.1 Å². The van der Waals surface area contributed by atoms with Crippen LogP contribution in [0, 0.1) is 11.6 Å². The number of rotatable bonds is 6. The van der Waals surface area contributed by atoms with Gasteiger partial charge in [0.05, 0.1) is 4.47 Å². The molecule has 1 atom stereocenters. The van der Waals surface area contributed by atoms with E-state index >= 15 is 0 Å². The Labute approximate surface area is 132 Å². The Morgan fingerprint density at radius 3 is 2.62 bits per heavy atom. The maximum Gasteiger partial charge on any atom is 0.137 e. The molecule has 0 fully saturated rings. The van der Waals surface area contributed by atoms with Gasteiger partial charge in [-0.3, -0.25) is 0 Å². The standard InChI is InChI=1S/C17H18BrF2N/c1-2-8-21-17(10-12-4-3-5-14(19)9-12)13-6-7-15(18)16(20)11-13/h3-7,9,11,17,21H,2,8,10H2,1H3. The molecule has 0 radical (unpaired) electrons. The minimum Gasteiger partial charge on any atom is -0.310 e. The fraction of sp³-hybridized carbons (Fsp3) is 0.294. The number of nitrogens with one attached hydrogen (secondary N) is 1. The zero-order valence-corrected chi connectivity index (χ0v) is 13.5. The van der Waals surface area contributed by atoms with Gasteiger partial charge in [-0.05, 0) is 70.7 Å². The molecule has 0 saturated carbocycles. The first kappa shape index (κ1) is 16.1. The van der Waals surface area contributed by atoms with Gasteiger partial charge in [0, 0.05) is 6.04 Å². The van der Waals surface area contributed by atoms with E-state index in [2.05, 4.69) is 28.2 Å². The van der Waals surface area contributed by atoms with Gasteiger partial charge >= 0.3 is 0 Å². The molecule has 0 bridgehead atoms. The molecule has 2 rings (SSSR count). The second-order valence-corrected chi connectivity index (χ2v) is 5.87. The van der Waals surface area contributed by atoms with Crippen LogP contribution in [0.2, 0.25) is 0 Å². The van der Waals surface area contributed by atoms with Gasteiger partial charge in [0.25, 0.3) is 0 Å². The van der Waals surface area contributed by atoms with Crippen molar-refractivity contribution in [3.05, 3.63) is 69.7 Å². The third-order valence-electron chi connectivity index (χ3n) is 3.32. The van der Waals surface area contributed by atoms with E-state index in [1.807, 2.05) is 12.1 Å². The van der Waals surface area contributed by atoms with Gasteiger partial charge in [-0.25, -0.2) is 8.78 Å². The predicted molar refractivity (Wildman–Crippen MR) is 85.2 cm³/mol. The molecular formula is C17H18BrF2N. The molecule has 0 saturated heterocycles. The quantitative estimate of drug-likeness (QED) is 0.769. The van der Waals surface area contributed by atoms with Crippen molar-refractivity contribution in [3.63, 3.8) is 0 Å². The first-order valence-electron chi connectivity index (χ1n) is 7.03. The van der Waals surface area contributed by atoms with Crippen molar-refractivity contribution in [1.29, 1.82) is 0 Å². The number of hydrogen-bond acceptors (Lipinski definition) is 1. The second kappa shape index (κ2) is 7.66. The van der Waals surface area contributed by atoms with E-state index in [4.69, 9.17) is 0 Å². The number of benzene rings is 2. The Balaban J connectivity index is 2.22. The Morgan fingerprint density at radius 2 is 1.95 bits per heavy atom. The maximum absolute atomic E-state index is 13.7. The van der Waals surface area contributed by atoms with Crippen LogP contribution in [0.4, 0.5) is 8.78 Å². The number of hydrogen-bond donors (Lipinski definition) is 1. The first-order valence-corrected chi connectivity index (χ1v) is 7.82. The summed E-state index contributed by atoms with van der Waals surface area (Å²) in [6.07, 6.45) is 1.61. The highest BCUT2D eigenvalue weighted by atomic mass is 79.9. The van der Waals surface area contributed by atoms with E-state index in [-0.39, 0.29) is 17.7 Å². The lowest BCUT2D eigenvalue weighted by Gasteiger charge is -2.19. The SMILES string of the molecule is CCCNC(Cc1cccc(F)c1)c1ccc(Br)c(F)c1. The summed E-state index contributed by atoms with van der Waals surface area (Å²) < 4.78 is 27.5. The van der Waals surface area contributed by atoms with Crippen LogP contribution in [0.3, 0.4) is 0 Å². The van der Waals surface area contributed by atoms with Crippen molar-refractivity contribution in [2.24, 2.45) is 0 Å². The number of halogens is 3. The fourth-order valence-corrected chi connectivity index (χ4v) is 2.50. The van der Waals surface area contributed by atoms with Gasteiger partial charge in [-0.2, -0.15) is 0 Å². The third-order valence-corrected chi connectivity index (χ3v) is 3.96. The molecule has 2 aromatic rings. The van der Waals surface area contributed by atoms with E-state index < -0.39 is 0 Å². The Bertz CT molecular complexity index is 601. The molecule has 0 heterocycles.